The third-order valence-electron chi connectivity index (χ3n) is 4.98. The average Bonchev–Trinajstić information content (AvgIpc) is 3.10. The van der Waals surface area contributed by atoms with E-state index < -0.39 is 35.7 Å². The van der Waals surface area contributed by atoms with E-state index >= 15 is 0 Å². The van der Waals surface area contributed by atoms with Crippen LogP contribution in [-0.2, 0) is 9.59 Å². The van der Waals surface area contributed by atoms with Crippen LogP contribution in [0.4, 0.5) is 8.78 Å². The molecular weight excluding hydrogens is 320 g/mol. The van der Waals surface area contributed by atoms with Gasteiger partial charge in [-0.2, -0.15) is 0 Å². The van der Waals surface area contributed by atoms with Crippen LogP contribution in [0.3, 0.4) is 0 Å². The molecule has 1 saturated carbocycles. The number of rotatable bonds is 4. The SMILES string of the molecule is CC(Oc1ccc(F)c(F)c1)C(=O)N1CC2CCCC2C1C(=O)O. The molecule has 24 heavy (non-hydrogen) atoms. The molecule has 1 aliphatic carbocycles. The van der Waals surface area contributed by atoms with Gasteiger partial charge in [0.1, 0.15) is 11.8 Å². The van der Waals surface area contributed by atoms with Crippen LogP contribution in [0, 0.1) is 23.5 Å². The Balaban J connectivity index is 1.72. The van der Waals surface area contributed by atoms with Crippen molar-refractivity contribution in [2.24, 2.45) is 11.8 Å². The van der Waals surface area contributed by atoms with Gasteiger partial charge in [-0.1, -0.05) is 6.42 Å². The molecule has 7 heteroatoms. The molecule has 2 aliphatic rings. The summed E-state index contributed by atoms with van der Waals surface area (Å²) in [5.41, 5.74) is 0. The zero-order chi connectivity index (χ0) is 17.4. The quantitative estimate of drug-likeness (QED) is 0.915. The molecule has 3 rings (SSSR count). The minimum Gasteiger partial charge on any atom is -0.481 e. The number of aliphatic carboxylic acids is 1. The molecule has 2 fully saturated rings. The van der Waals surface area contributed by atoms with Gasteiger partial charge in [0.05, 0.1) is 0 Å². The molecule has 1 aliphatic heterocycles. The molecular formula is C17H19F2NO4. The van der Waals surface area contributed by atoms with Crippen molar-refractivity contribution in [2.75, 3.05) is 6.54 Å². The van der Waals surface area contributed by atoms with E-state index in [4.69, 9.17) is 4.74 Å². The normalized spacial score (nSPS) is 27.0. The molecule has 0 bridgehead atoms. The highest BCUT2D eigenvalue weighted by atomic mass is 19.2. The highest BCUT2D eigenvalue weighted by Crippen LogP contribution is 2.42. The molecule has 4 unspecified atom stereocenters. The topological polar surface area (TPSA) is 66.8 Å². The van der Waals surface area contributed by atoms with Crippen LogP contribution < -0.4 is 4.74 Å². The van der Waals surface area contributed by atoms with Crippen molar-refractivity contribution in [3.05, 3.63) is 29.8 Å². The number of ether oxygens (including phenoxy) is 1. The Morgan fingerprint density at radius 3 is 2.71 bits per heavy atom. The fourth-order valence-corrected chi connectivity index (χ4v) is 3.89. The maximum Gasteiger partial charge on any atom is 0.326 e. The molecule has 1 heterocycles. The lowest BCUT2D eigenvalue weighted by molar-refractivity contribution is -0.152. The van der Waals surface area contributed by atoms with E-state index in [2.05, 4.69) is 0 Å². The Labute approximate surface area is 138 Å². The summed E-state index contributed by atoms with van der Waals surface area (Å²) in [6.45, 7) is 1.89. The maximum atomic E-state index is 13.2. The summed E-state index contributed by atoms with van der Waals surface area (Å²) in [5.74, 6) is -3.28. The summed E-state index contributed by atoms with van der Waals surface area (Å²) < 4.78 is 31.6. The molecule has 0 spiro atoms. The molecule has 1 aromatic rings. The first kappa shape index (κ1) is 16.7. The lowest BCUT2D eigenvalue weighted by atomic mass is 9.94. The number of hydrogen-bond donors (Lipinski definition) is 1. The van der Waals surface area contributed by atoms with Crippen LogP contribution in [0.25, 0.3) is 0 Å². The highest BCUT2D eigenvalue weighted by Gasteiger charge is 2.50. The lowest BCUT2D eigenvalue weighted by Gasteiger charge is -2.27. The van der Waals surface area contributed by atoms with E-state index in [1.165, 1.54) is 17.9 Å². The lowest BCUT2D eigenvalue weighted by Crippen LogP contribution is -2.48. The fraction of sp³-hybridized carbons (Fsp3) is 0.529. The second-order valence-corrected chi connectivity index (χ2v) is 6.46. The zero-order valence-electron chi connectivity index (χ0n) is 13.2. The zero-order valence-corrected chi connectivity index (χ0v) is 13.2. The Morgan fingerprint density at radius 2 is 2.04 bits per heavy atom. The summed E-state index contributed by atoms with van der Waals surface area (Å²) in [6.07, 6.45) is 1.75. The maximum absolute atomic E-state index is 13.2. The van der Waals surface area contributed by atoms with Crippen molar-refractivity contribution < 1.29 is 28.2 Å². The third-order valence-corrected chi connectivity index (χ3v) is 4.98. The van der Waals surface area contributed by atoms with Gasteiger partial charge in [0.25, 0.3) is 5.91 Å². The standard InChI is InChI=1S/C17H19F2NO4/c1-9(24-11-5-6-13(18)14(19)7-11)16(21)20-8-10-3-2-4-12(10)15(20)17(22)23/h5-7,9-10,12,15H,2-4,8H2,1H3,(H,22,23). The summed E-state index contributed by atoms with van der Waals surface area (Å²) in [5, 5.41) is 9.49. The average molecular weight is 339 g/mol. The van der Waals surface area contributed by atoms with Crippen molar-refractivity contribution in [1.29, 1.82) is 0 Å². The predicted molar refractivity (Wildman–Crippen MR) is 80.4 cm³/mol. The number of carboxylic acids is 1. The van der Waals surface area contributed by atoms with E-state index in [1.807, 2.05) is 0 Å². The van der Waals surface area contributed by atoms with Gasteiger partial charge in [-0.3, -0.25) is 4.79 Å². The van der Waals surface area contributed by atoms with E-state index in [9.17, 15) is 23.5 Å². The molecule has 130 valence electrons. The first-order valence-electron chi connectivity index (χ1n) is 8.03. The Hall–Kier alpha value is -2.18. The predicted octanol–water partition coefficient (Wildman–Crippen LogP) is 2.44. The summed E-state index contributed by atoms with van der Waals surface area (Å²) in [7, 11) is 0. The summed E-state index contributed by atoms with van der Waals surface area (Å²) in [4.78, 5) is 25.6. The van der Waals surface area contributed by atoms with Crippen molar-refractivity contribution in [1.82, 2.24) is 4.90 Å². The minimum atomic E-state index is -1.06. The third kappa shape index (κ3) is 2.95. The number of amides is 1. The Morgan fingerprint density at radius 1 is 1.29 bits per heavy atom. The number of carbonyl (C=O) groups is 2. The largest absolute Gasteiger partial charge is 0.481 e. The molecule has 1 aromatic carbocycles. The van der Waals surface area contributed by atoms with Gasteiger partial charge < -0.3 is 14.7 Å². The fourth-order valence-electron chi connectivity index (χ4n) is 3.89. The molecule has 0 radical (unpaired) electrons. The van der Waals surface area contributed by atoms with E-state index in [1.54, 1.807) is 0 Å². The molecule has 4 atom stereocenters. The number of likely N-dealkylation sites (tertiary alicyclic amines) is 1. The number of fused-ring (bicyclic) bond motifs is 1. The van der Waals surface area contributed by atoms with Gasteiger partial charge in [-0.25, -0.2) is 13.6 Å². The molecule has 5 nitrogen and oxygen atoms in total. The number of halogens is 2. The van der Waals surface area contributed by atoms with Gasteiger partial charge in [0.2, 0.25) is 0 Å². The van der Waals surface area contributed by atoms with Gasteiger partial charge in [0.15, 0.2) is 17.7 Å². The van der Waals surface area contributed by atoms with Crippen LogP contribution in [0.1, 0.15) is 26.2 Å². The van der Waals surface area contributed by atoms with Crippen LogP contribution in [0.5, 0.6) is 5.75 Å². The number of hydrogen-bond acceptors (Lipinski definition) is 3. The van der Waals surface area contributed by atoms with E-state index in [-0.39, 0.29) is 17.6 Å². The highest BCUT2D eigenvalue weighted by molar-refractivity contribution is 5.87. The van der Waals surface area contributed by atoms with Crippen LogP contribution in [0.15, 0.2) is 18.2 Å². The monoisotopic (exact) mass is 339 g/mol. The van der Waals surface area contributed by atoms with Gasteiger partial charge >= 0.3 is 5.97 Å². The molecule has 1 amide bonds. The molecule has 0 aromatic heterocycles. The van der Waals surface area contributed by atoms with Crippen LogP contribution in [-0.4, -0.2) is 40.6 Å². The summed E-state index contributed by atoms with van der Waals surface area (Å²) >= 11 is 0. The molecule has 1 N–H and O–H groups in total. The minimum absolute atomic E-state index is 0.0121. The Bertz CT molecular complexity index is 666. The van der Waals surface area contributed by atoms with Crippen molar-refractivity contribution in [3.8, 4) is 5.75 Å². The van der Waals surface area contributed by atoms with Crippen LogP contribution in [0.2, 0.25) is 0 Å². The Kier molecular flexibility index (Phi) is 4.43. The van der Waals surface area contributed by atoms with Gasteiger partial charge in [0, 0.05) is 12.6 Å². The number of nitrogens with zero attached hydrogens (tertiary/aromatic N) is 1. The first-order chi connectivity index (χ1) is 11.4. The smallest absolute Gasteiger partial charge is 0.326 e. The van der Waals surface area contributed by atoms with Crippen molar-refractivity contribution >= 4 is 11.9 Å². The van der Waals surface area contributed by atoms with E-state index in [0.717, 1.165) is 31.4 Å². The van der Waals surface area contributed by atoms with Crippen LogP contribution >= 0.6 is 0 Å². The second kappa shape index (κ2) is 6.37. The van der Waals surface area contributed by atoms with Gasteiger partial charge in [-0.15, -0.1) is 0 Å². The molecule has 1 saturated heterocycles. The van der Waals surface area contributed by atoms with E-state index in [0.29, 0.717) is 6.54 Å². The number of carbonyl (C=O) groups excluding carboxylic acids is 1. The second-order valence-electron chi connectivity index (χ2n) is 6.46. The number of benzene rings is 1. The number of carboxylic acid groups (broad SMARTS) is 1. The van der Waals surface area contributed by atoms with Crippen molar-refractivity contribution in [3.63, 3.8) is 0 Å². The van der Waals surface area contributed by atoms with Crippen molar-refractivity contribution in [2.45, 2.75) is 38.3 Å². The summed E-state index contributed by atoms with van der Waals surface area (Å²) in [6, 6.07) is 2.19. The first-order valence-corrected chi connectivity index (χ1v) is 8.03. The van der Waals surface area contributed by atoms with Gasteiger partial charge in [-0.05, 0) is 43.7 Å².